The van der Waals surface area contributed by atoms with Gasteiger partial charge in [-0.3, -0.25) is 4.98 Å². The molecular weight excluding hydrogens is 236 g/mol. The molecule has 3 rings (SSSR count). The number of nitrogens with zero attached hydrogens (tertiary/aromatic N) is 1. The van der Waals surface area contributed by atoms with E-state index in [0.29, 0.717) is 12.5 Å². The summed E-state index contributed by atoms with van der Waals surface area (Å²) in [6.45, 7) is 3.41. The SMILES string of the molecule is Cc1ccc(-c2cccc3c2OCC[C@H]3CN)cn1. The van der Waals surface area contributed by atoms with Gasteiger partial charge in [0.15, 0.2) is 0 Å². The van der Waals surface area contributed by atoms with Gasteiger partial charge in [0.2, 0.25) is 0 Å². The van der Waals surface area contributed by atoms with Crippen LogP contribution in [0, 0.1) is 6.92 Å². The maximum Gasteiger partial charge on any atom is 0.130 e. The van der Waals surface area contributed by atoms with Crippen LogP contribution in [0.25, 0.3) is 11.1 Å². The lowest BCUT2D eigenvalue weighted by Crippen LogP contribution is -2.21. The highest BCUT2D eigenvalue weighted by Crippen LogP contribution is 2.40. The van der Waals surface area contributed by atoms with Crippen molar-refractivity contribution in [1.82, 2.24) is 4.98 Å². The summed E-state index contributed by atoms with van der Waals surface area (Å²) in [5, 5.41) is 0. The normalized spacial score (nSPS) is 17.7. The number of pyridine rings is 1. The molecule has 1 atom stereocenters. The number of fused-ring (bicyclic) bond motifs is 1. The Hall–Kier alpha value is -1.87. The van der Waals surface area contributed by atoms with E-state index < -0.39 is 0 Å². The minimum atomic E-state index is 0.405. The Morgan fingerprint density at radius 3 is 2.95 bits per heavy atom. The van der Waals surface area contributed by atoms with Crippen molar-refractivity contribution in [3.05, 3.63) is 47.8 Å². The van der Waals surface area contributed by atoms with Crippen LogP contribution in [-0.2, 0) is 0 Å². The monoisotopic (exact) mass is 254 g/mol. The highest BCUT2D eigenvalue weighted by Gasteiger charge is 2.22. The number of hydrogen-bond acceptors (Lipinski definition) is 3. The molecule has 1 aromatic carbocycles. The average molecular weight is 254 g/mol. The number of para-hydroxylation sites is 1. The van der Waals surface area contributed by atoms with Crippen molar-refractivity contribution in [1.29, 1.82) is 0 Å². The molecule has 0 saturated carbocycles. The number of hydrogen-bond donors (Lipinski definition) is 1. The summed E-state index contributed by atoms with van der Waals surface area (Å²) in [6, 6.07) is 10.4. The predicted molar refractivity (Wildman–Crippen MR) is 76.3 cm³/mol. The number of nitrogens with two attached hydrogens (primary N) is 1. The first kappa shape index (κ1) is 12.2. The number of benzene rings is 1. The lowest BCUT2D eigenvalue weighted by molar-refractivity contribution is 0.270. The van der Waals surface area contributed by atoms with E-state index in [0.717, 1.165) is 35.6 Å². The van der Waals surface area contributed by atoms with E-state index in [-0.39, 0.29) is 0 Å². The summed E-state index contributed by atoms with van der Waals surface area (Å²) >= 11 is 0. The zero-order chi connectivity index (χ0) is 13.2. The van der Waals surface area contributed by atoms with E-state index in [1.165, 1.54) is 5.56 Å². The van der Waals surface area contributed by atoms with Crippen LogP contribution in [0.15, 0.2) is 36.5 Å². The van der Waals surface area contributed by atoms with Gasteiger partial charge in [0.25, 0.3) is 0 Å². The number of aryl methyl sites for hydroxylation is 1. The maximum absolute atomic E-state index is 5.89. The van der Waals surface area contributed by atoms with Crippen molar-refractivity contribution < 1.29 is 4.74 Å². The molecule has 0 saturated heterocycles. The summed E-state index contributed by atoms with van der Waals surface area (Å²) in [4.78, 5) is 4.36. The second-order valence-corrected chi connectivity index (χ2v) is 4.98. The fourth-order valence-electron chi connectivity index (χ4n) is 2.60. The lowest BCUT2D eigenvalue weighted by Gasteiger charge is -2.26. The van der Waals surface area contributed by atoms with E-state index >= 15 is 0 Å². The Bertz CT molecular complexity index is 578. The lowest BCUT2D eigenvalue weighted by atomic mass is 9.90. The molecule has 2 heterocycles. The summed E-state index contributed by atoms with van der Waals surface area (Å²) in [5.41, 5.74) is 10.3. The topological polar surface area (TPSA) is 48.1 Å². The zero-order valence-electron chi connectivity index (χ0n) is 11.1. The van der Waals surface area contributed by atoms with E-state index in [4.69, 9.17) is 10.5 Å². The molecule has 0 amide bonds. The molecule has 0 spiro atoms. The van der Waals surface area contributed by atoms with Crippen LogP contribution in [0.2, 0.25) is 0 Å². The second kappa shape index (κ2) is 5.02. The zero-order valence-corrected chi connectivity index (χ0v) is 11.1. The van der Waals surface area contributed by atoms with Gasteiger partial charge in [0.1, 0.15) is 5.75 Å². The molecule has 0 bridgehead atoms. The summed E-state index contributed by atoms with van der Waals surface area (Å²) < 4.78 is 5.89. The highest BCUT2D eigenvalue weighted by molar-refractivity contribution is 5.72. The standard InChI is InChI=1S/C16H18N2O/c1-11-5-6-13(10-18-11)15-4-2-3-14-12(9-17)7-8-19-16(14)15/h2-6,10,12H,7-9,17H2,1H3/t12-/m0/s1. The van der Waals surface area contributed by atoms with Gasteiger partial charge in [0, 0.05) is 28.9 Å². The Labute approximate surface area is 113 Å². The molecule has 0 fully saturated rings. The van der Waals surface area contributed by atoms with Gasteiger partial charge in [-0.05, 0) is 31.5 Å². The Balaban J connectivity index is 2.10. The Morgan fingerprint density at radius 1 is 1.32 bits per heavy atom. The summed E-state index contributed by atoms with van der Waals surface area (Å²) in [7, 11) is 0. The third-order valence-electron chi connectivity index (χ3n) is 3.70. The van der Waals surface area contributed by atoms with Crippen LogP contribution in [-0.4, -0.2) is 18.1 Å². The Morgan fingerprint density at radius 2 is 2.21 bits per heavy atom. The molecule has 3 heteroatoms. The molecular formula is C16H18N2O. The summed E-state index contributed by atoms with van der Waals surface area (Å²) in [6.07, 6.45) is 2.90. The van der Waals surface area contributed by atoms with Crippen LogP contribution in [0.4, 0.5) is 0 Å². The van der Waals surface area contributed by atoms with Crippen molar-refractivity contribution in [2.75, 3.05) is 13.2 Å². The maximum atomic E-state index is 5.89. The molecule has 98 valence electrons. The molecule has 2 aromatic rings. The molecule has 1 aromatic heterocycles. The van der Waals surface area contributed by atoms with Crippen molar-refractivity contribution >= 4 is 0 Å². The summed E-state index contributed by atoms with van der Waals surface area (Å²) in [5.74, 6) is 1.39. The van der Waals surface area contributed by atoms with Crippen LogP contribution in [0.5, 0.6) is 5.75 Å². The van der Waals surface area contributed by atoms with E-state index in [1.807, 2.05) is 19.2 Å². The largest absolute Gasteiger partial charge is 0.493 e. The highest BCUT2D eigenvalue weighted by atomic mass is 16.5. The fourth-order valence-corrected chi connectivity index (χ4v) is 2.60. The van der Waals surface area contributed by atoms with Crippen molar-refractivity contribution in [2.45, 2.75) is 19.3 Å². The van der Waals surface area contributed by atoms with Gasteiger partial charge in [0.05, 0.1) is 6.61 Å². The van der Waals surface area contributed by atoms with Crippen LogP contribution >= 0.6 is 0 Å². The van der Waals surface area contributed by atoms with E-state index in [2.05, 4.69) is 29.2 Å². The first-order chi connectivity index (χ1) is 9.29. The van der Waals surface area contributed by atoms with Gasteiger partial charge in [-0.25, -0.2) is 0 Å². The Kier molecular flexibility index (Phi) is 3.22. The quantitative estimate of drug-likeness (QED) is 0.896. The second-order valence-electron chi connectivity index (χ2n) is 4.98. The predicted octanol–water partition coefficient (Wildman–Crippen LogP) is 2.88. The first-order valence-electron chi connectivity index (χ1n) is 6.68. The fraction of sp³-hybridized carbons (Fsp3) is 0.312. The smallest absolute Gasteiger partial charge is 0.130 e. The van der Waals surface area contributed by atoms with E-state index in [1.54, 1.807) is 0 Å². The first-order valence-corrected chi connectivity index (χ1v) is 6.68. The number of rotatable bonds is 2. The molecule has 0 unspecified atom stereocenters. The van der Waals surface area contributed by atoms with Gasteiger partial charge in [-0.15, -0.1) is 0 Å². The third kappa shape index (κ3) is 2.22. The molecule has 2 N–H and O–H groups in total. The van der Waals surface area contributed by atoms with Crippen LogP contribution in [0.3, 0.4) is 0 Å². The van der Waals surface area contributed by atoms with E-state index in [9.17, 15) is 0 Å². The van der Waals surface area contributed by atoms with Crippen molar-refractivity contribution in [2.24, 2.45) is 5.73 Å². The molecule has 3 nitrogen and oxygen atoms in total. The minimum Gasteiger partial charge on any atom is -0.493 e. The van der Waals surface area contributed by atoms with Crippen molar-refractivity contribution in [3.63, 3.8) is 0 Å². The van der Waals surface area contributed by atoms with Gasteiger partial charge < -0.3 is 10.5 Å². The average Bonchev–Trinajstić information content (AvgIpc) is 2.47. The molecule has 0 aliphatic carbocycles. The van der Waals surface area contributed by atoms with Gasteiger partial charge >= 0.3 is 0 Å². The third-order valence-corrected chi connectivity index (χ3v) is 3.70. The van der Waals surface area contributed by atoms with Crippen LogP contribution < -0.4 is 10.5 Å². The molecule has 0 radical (unpaired) electrons. The minimum absolute atomic E-state index is 0.405. The van der Waals surface area contributed by atoms with Crippen LogP contribution in [0.1, 0.15) is 23.6 Å². The molecule has 19 heavy (non-hydrogen) atoms. The van der Waals surface area contributed by atoms with Gasteiger partial charge in [-0.2, -0.15) is 0 Å². The number of ether oxygens (including phenoxy) is 1. The molecule has 1 aliphatic heterocycles. The van der Waals surface area contributed by atoms with Gasteiger partial charge in [-0.1, -0.05) is 24.3 Å². The molecule has 1 aliphatic rings. The van der Waals surface area contributed by atoms with Crippen molar-refractivity contribution in [3.8, 4) is 16.9 Å². The number of aromatic nitrogens is 1.